The SMILES string of the molecule is CN(CC1COC=N1)c1ccc(Br)cc1. The van der Waals surface area contributed by atoms with Crippen LogP contribution in [0, 0.1) is 0 Å². The van der Waals surface area contributed by atoms with Crippen LogP contribution in [0.2, 0.25) is 0 Å². The van der Waals surface area contributed by atoms with Crippen molar-refractivity contribution in [3.63, 3.8) is 0 Å². The third kappa shape index (κ3) is 2.72. The van der Waals surface area contributed by atoms with Crippen molar-refractivity contribution in [3.05, 3.63) is 28.7 Å². The summed E-state index contributed by atoms with van der Waals surface area (Å²) in [5.41, 5.74) is 1.19. The maximum Gasteiger partial charge on any atom is 0.169 e. The van der Waals surface area contributed by atoms with Gasteiger partial charge in [0.1, 0.15) is 12.6 Å². The summed E-state index contributed by atoms with van der Waals surface area (Å²) in [7, 11) is 2.07. The molecule has 1 aromatic carbocycles. The third-order valence-corrected chi connectivity index (χ3v) is 2.92. The predicted octanol–water partition coefficient (Wildman–Crippen LogP) is 2.31. The summed E-state index contributed by atoms with van der Waals surface area (Å²) in [6.07, 6.45) is 1.54. The number of likely N-dealkylation sites (N-methyl/N-ethyl adjacent to an activating group) is 1. The number of halogens is 1. The van der Waals surface area contributed by atoms with Gasteiger partial charge < -0.3 is 9.64 Å². The molecule has 0 radical (unpaired) electrons. The minimum atomic E-state index is 0.263. The van der Waals surface area contributed by atoms with Gasteiger partial charge in [0.25, 0.3) is 0 Å². The van der Waals surface area contributed by atoms with Gasteiger partial charge in [-0.25, -0.2) is 4.99 Å². The second kappa shape index (κ2) is 4.66. The van der Waals surface area contributed by atoms with Crippen LogP contribution in [0.3, 0.4) is 0 Å². The zero-order valence-corrected chi connectivity index (χ0v) is 10.1. The van der Waals surface area contributed by atoms with E-state index in [0.717, 1.165) is 11.0 Å². The van der Waals surface area contributed by atoms with Crippen molar-refractivity contribution in [1.29, 1.82) is 0 Å². The Labute approximate surface area is 97.9 Å². The lowest BCUT2D eigenvalue weighted by Crippen LogP contribution is -2.28. The van der Waals surface area contributed by atoms with Gasteiger partial charge in [-0.15, -0.1) is 0 Å². The second-order valence-corrected chi connectivity index (χ2v) is 4.51. The maximum absolute atomic E-state index is 5.09. The van der Waals surface area contributed by atoms with Gasteiger partial charge in [-0.3, -0.25) is 0 Å². The first-order chi connectivity index (χ1) is 7.25. The molecule has 1 heterocycles. The van der Waals surface area contributed by atoms with Crippen molar-refractivity contribution >= 4 is 28.0 Å². The smallest absolute Gasteiger partial charge is 0.169 e. The standard InChI is InChI=1S/C11H13BrN2O/c1-14(6-10-7-15-8-13-10)11-4-2-9(12)3-5-11/h2-5,8,10H,6-7H2,1H3. The van der Waals surface area contributed by atoms with E-state index < -0.39 is 0 Å². The van der Waals surface area contributed by atoms with Crippen molar-refractivity contribution in [2.75, 3.05) is 25.1 Å². The van der Waals surface area contributed by atoms with Gasteiger partial charge in [-0.1, -0.05) is 15.9 Å². The Morgan fingerprint density at radius 2 is 2.20 bits per heavy atom. The van der Waals surface area contributed by atoms with Crippen LogP contribution in [0.5, 0.6) is 0 Å². The van der Waals surface area contributed by atoms with Gasteiger partial charge in [0.15, 0.2) is 6.40 Å². The molecule has 1 aliphatic heterocycles. The molecule has 0 aromatic heterocycles. The maximum atomic E-state index is 5.09. The topological polar surface area (TPSA) is 24.8 Å². The van der Waals surface area contributed by atoms with E-state index in [0.29, 0.717) is 6.61 Å². The zero-order chi connectivity index (χ0) is 10.7. The van der Waals surface area contributed by atoms with Gasteiger partial charge in [-0.05, 0) is 24.3 Å². The Bertz CT molecular complexity index is 350. The highest BCUT2D eigenvalue weighted by atomic mass is 79.9. The van der Waals surface area contributed by atoms with Gasteiger partial charge in [0.2, 0.25) is 0 Å². The molecule has 0 bridgehead atoms. The van der Waals surface area contributed by atoms with Gasteiger partial charge in [0.05, 0.1) is 0 Å². The lowest BCUT2D eigenvalue weighted by atomic mass is 10.2. The van der Waals surface area contributed by atoms with E-state index in [9.17, 15) is 0 Å². The van der Waals surface area contributed by atoms with Gasteiger partial charge in [-0.2, -0.15) is 0 Å². The fourth-order valence-corrected chi connectivity index (χ4v) is 1.81. The number of aliphatic imine (C=N–C) groups is 1. The number of benzene rings is 1. The van der Waals surface area contributed by atoms with Gasteiger partial charge in [0, 0.05) is 23.8 Å². The van der Waals surface area contributed by atoms with Crippen molar-refractivity contribution in [2.45, 2.75) is 6.04 Å². The van der Waals surface area contributed by atoms with Crippen LogP contribution in [0.25, 0.3) is 0 Å². The largest absolute Gasteiger partial charge is 0.481 e. The Morgan fingerprint density at radius 3 is 2.80 bits per heavy atom. The molecule has 0 spiro atoms. The molecule has 0 fully saturated rings. The second-order valence-electron chi connectivity index (χ2n) is 3.60. The monoisotopic (exact) mass is 268 g/mol. The van der Waals surface area contributed by atoms with Crippen LogP contribution >= 0.6 is 15.9 Å². The Hall–Kier alpha value is -1.03. The summed E-state index contributed by atoms with van der Waals surface area (Å²) in [4.78, 5) is 6.40. The van der Waals surface area contributed by atoms with Crippen molar-refractivity contribution in [3.8, 4) is 0 Å². The Morgan fingerprint density at radius 1 is 1.47 bits per heavy atom. The normalized spacial score (nSPS) is 18.9. The number of anilines is 1. The van der Waals surface area contributed by atoms with Crippen LogP contribution in [0.1, 0.15) is 0 Å². The van der Waals surface area contributed by atoms with Crippen LogP contribution in [0.15, 0.2) is 33.7 Å². The molecule has 1 unspecified atom stereocenters. The molecule has 1 aromatic rings. The third-order valence-electron chi connectivity index (χ3n) is 2.39. The van der Waals surface area contributed by atoms with Crippen molar-refractivity contribution in [1.82, 2.24) is 0 Å². The number of nitrogens with zero attached hydrogens (tertiary/aromatic N) is 2. The molecule has 80 valence electrons. The highest BCUT2D eigenvalue weighted by Crippen LogP contribution is 2.18. The van der Waals surface area contributed by atoms with Crippen LogP contribution in [-0.2, 0) is 4.74 Å². The highest BCUT2D eigenvalue weighted by molar-refractivity contribution is 9.10. The fraction of sp³-hybridized carbons (Fsp3) is 0.364. The first kappa shape index (κ1) is 10.5. The molecule has 0 aliphatic carbocycles. The van der Waals surface area contributed by atoms with E-state index in [1.165, 1.54) is 5.69 Å². The summed E-state index contributed by atoms with van der Waals surface area (Å²) < 4.78 is 6.19. The fourth-order valence-electron chi connectivity index (χ4n) is 1.54. The van der Waals surface area contributed by atoms with Gasteiger partial charge >= 0.3 is 0 Å². The van der Waals surface area contributed by atoms with Crippen molar-refractivity contribution in [2.24, 2.45) is 4.99 Å². The van der Waals surface area contributed by atoms with E-state index in [1.807, 2.05) is 12.1 Å². The quantitative estimate of drug-likeness (QED) is 0.841. The number of hydrogen-bond acceptors (Lipinski definition) is 3. The average Bonchev–Trinajstić information content (AvgIpc) is 2.71. The van der Waals surface area contributed by atoms with E-state index in [1.54, 1.807) is 6.40 Å². The minimum Gasteiger partial charge on any atom is -0.481 e. The first-order valence-electron chi connectivity index (χ1n) is 4.85. The molecule has 15 heavy (non-hydrogen) atoms. The molecule has 0 N–H and O–H groups in total. The molecule has 0 saturated heterocycles. The van der Waals surface area contributed by atoms with Crippen LogP contribution in [0.4, 0.5) is 5.69 Å². The summed E-state index contributed by atoms with van der Waals surface area (Å²) in [6, 6.07) is 8.52. The molecule has 0 saturated carbocycles. The predicted molar refractivity (Wildman–Crippen MR) is 65.6 cm³/mol. The van der Waals surface area contributed by atoms with E-state index in [-0.39, 0.29) is 6.04 Å². The lowest BCUT2D eigenvalue weighted by molar-refractivity contribution is 0.329. The Kier molecular flexibility index (Phi) is 3.26. The van der Waals surface area contributed by atoms with E-state index in [2.05, 4.69) is 45.0 Å². The molecule has 4 heteroatoms. The molecule has 0 amide bonds. The zero-order valence-electron chi connectivity index (χ0n) is 8.56. The van der Waals surface area contributed by atoms with Crippen molar-refractivity contribution < 1.29 is 4.74 Å². The number of hydrogen-bond donors (Lipinski definition) is 0. The molecule has 2 rings (SSSR count). The molecule has 3 nitrogen and oxygen atoms in total. The summed E-state index contributed by atoms with van der Waals surface area (Å²) in [5.74, 6) is 0. The first-order valence-corrected chi connectivity index (χ1v) is 5.65. The Balaban J connectivity index is 1.97. The lowest BCUT2D eigenvalue weighted by Gasteiger charge is -2.21. The van der Waals surface area contributed by atoms with E-state index in [4.69, 9.17) is 4.74 Å². The molecular formula is C11H13BrN2O. The average molecular weight is 269 g/mol. The van der Waals surface area contributed by atoms with Crippen LogP contribution in [-0.4, -0.2) is 32.6 Å². The number of rotatable bonds is 3. The minimum absolute atomic E-state index is 0.263. The summed E-state index contributed by atoms with van der Waals surface area (Å²) in [6.45, 7) is 1.58. The molecule has 1 aliphatic rings. The van der Waals surface area contributed by atoms with E-state index >= 15 is 0 Å². The summed E-state index contributed by atoms with van der Waals surface area (Å²) in [5, 5.41) is 0. The molecule has 1 atom stereocenters. The number of ether oxygens (including phenoxy) is 1. The highest BCUT2D eigenvalue weighted by Gasteiger charge is 2.14. The summed E-state index contributed by atoms with van der Waals surface area (Å²) >= 11 is 3.42. The molecular weight excluding hydrogens is 256 g/mol. The van der Waals surface area contributed by atoms with Crippen LogP contribution < -0.4 is 4.90 Å².